The molecule has 4 fully saturated rings. The molecule has 0 unspecified atom stereocenters. The van der Waals surface area contributed by atoms with Crippen LogP contribution in [-0.4, -0.2) is 91.8 Å². The van der Waals surface area contributed by atoms with E-state index in [0.717, 1.165) is 58.6 Å². The Bertz CT molecular complexity index is 667. The maximum atomic E-state index is 12.9. The predicted molar refractivity (Wildman–Crippen MR) is 113 cm³/mol. The third-order valence-electron chi connectivity index (χ3n) is 7.57. The van der Waals surface area contributed by atoms with Gasteiger partial charge in [0.25, 0.3) is 0 Å². The average Bonchev–Trinajstić information content (AvgIpc) is 3.65. The molecule has 1 amide bonds. The molecule has 0 aromatic heterocycles. The summed E-state index contributed by atoms with van der Waals surface area (Å²) < 4.78 is 24.2. The Hall–Kier alpha value is -1.15. The number of ether oxygens (including phenoxy) is 4. The quantitative estimate of drug-likeness (QED) is 0.484. The zero-order valence-electron chi connectivity index (χ0n) is 19.2. The minimum atomic E-state index is -0.305. The summed E-state index contributed by atoms with van der Waals surface area (Å²) in [7, 11) is 1.72. The van der Waals surface area contributed by atoms with E-state index in [1.54, 1.807) is 7.11 Å². The van der Waals surface area contributed by atoms with E-state index in [1.165, 1.54) is 5.57 Å². The van der Waals surface area contributed by atoms with Gasteiger partial charge in [0.15, 0.2) is 0 Å². The van der Waals surface area contributed by atoms with Crippen LogP contribution in [0.3, 0.4) is 0 Å². The summed E-state index contributed by atoms with van der Waals surface area (Å²) in [6.45, 7) is 13.6. The normalized spacial score (nSPS) is 40.9. The maximum Gasteiger partial charge on any atom is 0.410 e. The van der Waals surface area contributed by atoms with Gasteiger partial charge in [-0.1, -0.05) is 18.6 Å². The fourth-order valence-corrected chi connectivity index (χ4v) is 5.52. The van der Waals surface area contributed by atoms with E-state index in [4.69, 9.17) is 18.9 Å². The zero-order valence-corrected chi connectivity index (χ0v) is 19.2. The Labute approximate surface area is 180 Å². The molecule has 1 aliphatic carbocycles. The van der Waals surface area contributed by atoms with Gasteiger partial charge in [-0.2, -0.15) is 0 Å². The van der Waals surface area contributed by atoms with Crippen LogP contribution in [0.2, 0.25) is 0 Å². The number of carbonyl (C=O) groups is 1. The molecule has 170 valence electrons. The second-order valence-corrected chi connectivity index (χ2v) is 9.72. The molecule has 3 saturated heterocycles. The molecule has 4 aliphatic rings. The van der Waals surface area contributed by atoms with Gasteiger partial charge in [-0.05, 0) is 46.6 Å². The number of methoxy groups -OCH3 is 1. The van der Waals surface area contributed by atoms with Crippen molar-refractivity contribution in [1.82, 2.24) is 9.80 Å². The van der Waals surface area contributed by atoms with Crippen LogP contribution >= 0.6 is 0 Å². The fourth-order valence-electron chi connectivity index (χ4n) is 5.52. The highest BCUT2D eigenvalue weighted by atomic mass is 16.6. The number of carbonyl (C=O) groups excluding carboxylic acids is 1. The van der Waals surface area contributed by atoms with Gasteiger partial charge in [0, 0.05) is 33.3 Å². The zero-order chi connectivity index (χ0) is 21.5. The molecule has 0 aromatic carbocycles. The number of amides is 1. The highest BCUT2D eigenvalue weighted by molar-refractivity contribution is 5.68. The van der Waals surface area contributed by atoms with Crippen molar-refractivity contribution in [3.05, 3.63) is 11.6 Å². The van der Waals surface area contributed by atoms with Crippen molar-refractivity contribution in [2.24, 2.45) is 5.92 Å². The van der Waals surface area contributed by atoms with Gasteiger partial charge in [0.05, 0.1) is 18.6 Å². The van der Waals surface area contributed by atoms with E-state index in [1.807, 2.05) is 4.90 Å². The predicted octanol–water partition coefficient (Wildman–Crippen LogP) is 2.84. The van der Waals surface area contributed by atoms with Crippen LogP contribution in [0, 0.1) is 5.92 Å². The molecule has 6 atom stereocenters. The van der Waals surface area contributed by atoms with Crippen molar-refractivity contribution < 1.29 is 23.7 Å². The standard InChI is InChI=1S/C23H38N2O5/c1-6-24-11-13-25(14-12-24)21(26)29-17-9-10-23(15-28-23)20(19(17)27-5)22(4)18(30-22)8-7-16(2)3/h7,17-20H,6,8-15H2,1-5H3/t17-,18-,19-,20-,22-,23+/m1/s1. The first kappa shape index (κ1) is 22.1. The summed E-state index contributed by atoms with van der Waals surface area (Å²) in [5.74, 6) is 0.0639. The van der Waals surface area contributed by atoms with Crippen molar-refractivity contribution in [2.75, 3.05) is 46.4 Å². The van der Waals surface area contributed by atoms with Gasteiger partial charge >= 0.3 is 6.09 Å². The second-order valence-electron chi connectivity index (χ2n) is 9.72. The highest BCUT2D eigenvalue weighted by Gasteiger charge is 2.72. The first-order valence-corrected chi connectivity index (χ1v) is 11.5. The molecule has 1 spiro atoms. The maximum absolute atomic E-state index is 12.9. The van der Waals surface area contributed by atoms with Crippen molar-refractivity contribution in [3.63, 3.8) is 0 Å². The fraction of sp³-hybridized carbons (Fsp3) is 0.870. The molecule has 4 rings (SSSR count). The van der Waals surface area contributed by atoms with Gasteiger partial charge in [-0.15, -0.1) is 0 Å². The third-order valence-corrected chi connectivity index (χ3v) is 7.57. The first-order chi connectivity index (χ1) is 14.3. The number of epoxide rings is 2. The van der Waals surface area contributed by atoms with Crippen LogP contribution in [0.15, 0.2) is 11.6 Å². The molecule has 7 heteroatoms. The molecule has 0 bridgehead atoms. The summed E-state index contributed by atoms with van der Waals surface area (Å²) in [5.41, 5.74) is 0.804. The topological polar surface area (TPSA) is 67.1 Å². The number of hydrogen-bond donors (Lipinski definition) is 0. The number of allylic oxidation sites excluding steroid dienone is 1. The highest BCUT2D eigenvalue weighted by Crippen LogP contribution is 2.59. The largest absolute Gasteiger partial charge is 0.443 e. The molecule has 3 heterocycles. The summed E-state index contributed by atoms with van der Waals surface area (Å²) in [6.07, 6.45) is 4.24. The number of nitrogens with zero attached hydrogens (tertiary/aromatic N) is 2. The second kappa shape index (κ2) is 8.41. The first-order valence-electron chi connectivity index (χ1n) is 11.5. The average molecular weight is 423 g/mol. The molecule has 30 heavy (non-hydrogen) atoms. The number of likely N-dealkylation sites (N-methyl/N-ethyl adjacent to an activating group) is 1. The van der Waals surface area contributed by atoms with E-state index in [0.29, 0.717) is 0 Å². The van der Waals surface area contributed by atoms with Gasteiger partial charge < -0.3 is 28.7 Å². The Morgan fingerprint density at radius 1 is 1.23 bits per heavy atom. The minimum absolute atomic E-state index is 0.0639. The number of rotatable bonds is 6. The van der Waals surface area contributed by atoms with E-state index >= 15 is 0 Å². The summed E-state index contributed by atoms with van der Waals surface area (Å²) in [6, 6.07) is 0. The number of piperazine rings is 1. The summed E-state index contributed by atoms with van der Waals surface area (Å²) in [4.78, 5) is 17.1. The van der Waals surface area contributed by atoms with E-state index in [-0.39, 0.29) is 41.5 Å². The van der Waals surface area contributed by atoms with Crippen LogP contribution in [0.4, 0.5) is 4.79 Å². The van der Waals surface area contributed by atoms with Gasteiger partial charge in [-0.3, -0.25) is 0 Å². The van der Waals surface area contributed by atoms with E-state index < -0.39 is 0 Å². The summed E-state index contributed by atoms with van der Waals surface area (Å²) >= 11 is 0. The van der Waals surface area contributed by atoms with Crippen LogP contribution in [0.25, 0.3) is 0 Å². The van der Waals surface area contributed by atoms with Crippen LogP contribution in [-0.2, 0) is 18.9 Å². The smallest absolute Gasteiger partial charge is 0.410 e. The van der Waals surface area contributed by atoms with Crippen molar-refractivity contribution >= 4 is 6.09 Å². The van der Waals surface area contributed by atoms with Crippen LogP contribution in [0.1, 0.15) is 47.0 Å². The van der Waals surface area contributed by atoms with Crippen molar-refractivity contribution in [3.8, 4) is 0 Å². The van der Waals surface area contributed by atoms with Crippen LogP contribution < -0.4 is 0 Å². The SMILES string of the molecule is CCN1CCN(C(=O)O[C@@H]2CC[C@]3(CO3)[C@@H]([C@]3(C)O[C@@H]3CC=C(C)C)[C@@H]2OC)CC1. The lowest BCUT2D eigenvalue weighted by molar-refractivity contribution is -0.122. The summed E-state index contributed by atoms with van der Waals surface area (Å²) in [5, 5.41) is 0. The van der Waals surface area contributed by atoms with Gasteiger partial charge in [0.2, 0.25) is 0 Å². The van der Waals surface area contributed by atoms with Crippen molar-refractivity contribution in [1.29, 1.82) is 0 Å². The third kappa shape index (κ3) is 4.14. The molecule has 0 radical (unpaired) electrons. The lowest BCUT2D eigenvalue weighted by atomic mass is 9.68. The molecular formula is C23H38N2O5. The lowest BCUT2D eigenvalue weighted by Gasteiger charge is -2.43. The van der Waals surface area contributed by atoms with E-state index in [2.05, 4.69) is 38.7 Å². The Morgan fingerprint density at radius 3 is 2.50 bits per heavy atom. The monoisotopic (exact) mass is 422 g/mol. The lowest BCUT2D eigenvalue weighted by Crippen LogP contribution is -2.57. The van der Waals surface area contributed by atoms with E-state index in [9.17, 15) is 4.79 Å². The van der Waals surface area contributed by atoms with Gasteiger partial charge in [-0.25, -0.2) is 4.79 Å². The van der Waals surface area contributed by atoms with Gasteiger partial charge in [0.1, 0.15) is 23.4 Å². The number of hydrogen-bond acceptors (Lipinski definition) is 6. The molecular weight excluding hydrogens is 384 g/mol. The Morgan fingerprint density at radius 2 is 1.93 bits per heavy atom. The molecule has 0 N–H and O–H groups in total. The molecule has 1 saturated carbocycles. The molecule has 0 aromatic rings. The van der Waals surface area contributed by atoms with Crippen molar-refractivity contribution in [2.45, 2.75) is 76.5 Å². The Kier molecular flexibility index (Phi) is 6.19. The minimum Gasteiger partial charge on any atom is -0.443 e. The van der Waals surface area contributed by atoms with Crippen LogP contribution in [0.5, 0.6) is 0 Å². The Balaban J connectivity index is 1.43. The molecule has 7 nitrogen and oxygen atoms in total. The molecule has 3 aliphatic heterocycles.